The molecular weight excluding hydrogens is 474 g/mol. The van der Waals surface area contributed by atoms with Crippen LogP contribution in [0, 0.1) is 0 Å². The van der Waals surface area contributed by atoms with Gasteiger partial charge in [-0.3, -0.25) is 10.2 Å². The van der Waals surface area contributed by atoms with E-state index < -0.39 is 20.8 Å². The van der Waals surface area contributed by atoms with Crippen LogP contribution in [0.3, 0.4) is 0 Å². The van der Waals surface area contributed by atoms with Gasteiger partial charge in [0.2, 0.25) is 14.9 Å². The smallest absolute Gasteiger partial charge is 0.291 e. The van der Waals surface area contributed by atoms with Crippen LogP contribution in [0.15, 0.2) is 70.8 Å². The van der Waals surface area contributed by atoms with Gasteiger partial charge in [0, 0.05) is 26.0 Å². The molecule has 3 aromatic rings. The maximum atomic E-state index is 13.5. The number of hydrogen-bond acceptors (Lipinski definition) is 7. The number of aryl methyl sites for hydroxylation is 1. The molecule has 0 atom stereocenters. The van der Waals surface area contributed by atoms with Gasteiger partial charge in [0.25, 0.3) is 5.91 Å². The third kappa shape index (κ3) is 4.49. The topological polar surface area (TPSA) is 95.0 Å². The lowest BCUT2D eigenvalue weighted by molar-refractivity contribution is -0.112. The number of hydrogen-bond donors (Lipinski definition) is 1. The Kier molecular flexibility index (Phi) is 6.58. The summed E-state index contributed by atoms with van der Waals surface area (Å²) >= 11 is 6.26. The number of halogens is 1. The van der Waals surface area contributed by atoms with Gasteiger partial charge in [0.15, 0.2) is 5.82 Å². The summed E-state index contributed by atoms with van der Waals surface area (Å²) in [5.41, 5.74) is 5.34. The van der Waals surface area contributed by atoms with Gasteiger partial charge in [0.05, 0.1) is 22.2 Å². The van der Waals surface area contributed by atoms with Crippen molar-refractivity contribution in [2.24, 2.45) is 5.10 Å². The summed E-state index contributed by atoms with van der Waals surface area (Å²) < 4.78 is 27.0. The summed E-state index contributed by atoms with van der Waals surface area (Å²) in [6, 6.07) is 16.0. The van der Waals surface area contributed by atoms with Crippen molar-refractivity contribution in [3.8, 4) is 0 Å². The van der Waals surface area contributed by atoms with Gasteiger partial charge in [0.1, 0.15) is 0 Å². The highest BCUT2D eigenvalue weighted by Crippen LogP contribution is 2.36. The molecular formula is C24H24ClN5O3S. The maximum absolute atomic E-state index is 13.5. The molecule has 1 aliphatic rings. The summed E-state index contributed by atoms with van der Waals surface area (Å²) in [5, 5.41) is 3.65. The van der Waals surface area contributed by atoms with Crippen LogP contribution in [-0.2, 0) is 27.6 Å². The van der Waals surface area contributed by atoms with Gasteiger partial charge in [-0.1, -0.05) is 48.9 Å². The Labute approximate surface area is 203 Å². The van der Waals surface area contributed by atoms with E-state index in [0.717, 1.165) is 17.5 Å². The quantitative estimate of drug-likeness (QED) is 0.515. The van der Waals surface area contributed by atoms with E-state index in [9.17, 15) is 13.2 Å². The van der Waals surface area contributed by atoms with E-state index in [1.807, 2.05) is 51.4 Å². The number of hydrazone groups is 1. The molecule has 8 nitrogen and oxygen atoms in total. The van der Waals surface area contributed by atoms with Gasteiger partial charge in [-0.15, -0.1) is 0 Å². The zero-order valence-corrected chi connectivity index (χ0v) is 20.6. The Bertz CT molecular complexity index is 1370. The Hall–Kier alpha value is -3.43. The molecule has 0 saturated carbocycles. The predicted molar refractivity (Wildman–Crippen MR) is 135 cm³/mol. The number of fused-ring (bicyclic) bond motifs is 1. The van der Waals surface area contributed by atoms with Crippen LogP contribution in [0.5, 0.6) is 0 Å². The van der Waals surface area contributed by atoms with Crippen molar-refractivity contribution in [3.63, 3.8) is 0 Å². The van der Waals surface area contributed by atoms with E-state index in [2.05, 4.69) is 15.5 Å². The molecule has 1 amide bonds. The van der Waals surface area contributed by atoms with Gasteiger partial charge in [-0.2, -0.15) is 5.10 Å². The van der Waals surface area contributed by atoms with Crippen molar-refractivity contribution in [3.05, 3.63) is 76.9 Å². The fourth-order valence-corrected chi connectivity index (χ4v) is 5.23. The maximum Gasteiger partial charge on any atom is 0.291 e. The molecule has 2 heterocycles. The van der Waals surface area contributed by atoms with Gasteiger partial charge < -0.3 is 9.80 Å². The van der Waals surface area contributed by atoms with Gasteiger partial charge in [-0.25, -0.2) is 13.4 Å². The highest BCUT2D eigenvalue weighted by atomic mass is 35.5. The predicted octanol–water partition coefficient (Wildman–Crippen LogP) is 4.11. The summed E-state index contributed by atoms with van der Waals surface area (Å²) in [6.45, 7) is 2.15. The molecule has 2 aromatic carbocycles. The first-order valence-corrected chi connectivity index (χ1v) is 12.5. The normalized spacial score (nSPS) is 15.8. The number of sulfone groups is 1. The number of aromatic nitrogens is 1. The highest BCUT2D eigenvalue weighted by Gasteiger charge is 2.42. The van der Waals surface area contributed by atoms with E-state index >= 15 is 0 Å². The van der Waals surface area contributed by atoms with E-state index in [1.54, 1.807) is 35.4 Å². The zero-order valence-electron chi connectivity index (χ0n) is 19.0. The second-order valence-electron chi connectivity index (χ2n) is 7.98. The lowest BCUT2D eigenvalue weighted by Crippen LogP contribution is -2.45. The third-order valence-electron chi connectivity index (χ3n) is 5.48. The Balaban J connectivity index is 1.81. The first-order valence-electron chi connectivity index (χ1n) is 10.6. The van der Waals surface area contributed by atoms with Crippen LogP contribution in [0.1, 0.15) is 18.1 Å². The minimum atomic E-state index is -4.21. The fraction of sp³-hybridized carbons (Fsp3) is 0.208. The zero-order chi connectivity index (χ0) is 24.5. The molecule has 176 valence electrons. The molecule has 0 aliphatic carbocycles. The number of nitrogens with one attached hydrogen (secondary N) is 1. The average molecular weight is 498 g/mol. The van der Waals surface area contributed by atoms with Crippen molar-refractivity contribution in [1.29, 1.82) is 0 Å². The molecule has 10 heteroatoms. The summed E-state index contributed by atoms with van der Waals surface area (Å²) in [7, 11) is -0.583. The Morgan fingerprint density at radius 2 is 1.82 bits per heavy atom. The number of carbonyl (C=O) groups excluding carboxylic acids is 1. The van der Waals surface area contributed by atoms with Crippen LogP contribution < -0.4 is 15.2 Å². The number of benzene rings is 2. The molecule has 0 saturated heterocycles. The van der Waals surface area contributed by atoms with Gasteiger partial charge >= 0.3 is 0 Å². The van der Waals surface area contributed by atoms with Crippen LogP contribution in [0.4, 0.5) is 17.2 Å². The summed E-state index contributed by atoms with van der Waals surface area (Å²) in [4.78, 5) is 20.9. The third-order valence-corrected chi connectivity index (χ3v) is 7.44. The van der Waals surface area contributed by atoms with Crippen molar-refractivity contribution in [2.45, 2.75) is 24.8 Å². The van der Waals surface area contributed by atoms with Gasteiger partial charge in [-0.05, 0) is 41.8 Å². The molecule has 0 unspecified atom stereocenters. The van der Waals surface area contributed by atoms with Crippen molar-refractivity contribution < 1.29 is 13.2 Å². The molecule has 0 radical (unpaired) electrons. The molecule has 0 bridgehead atoms. The second-order valence-corrected chi connectivity index (χ2v) is 10.2. The fourth-order valence-electron chi connectivity index (χ4n) is 3.55. The van der Waals surface area contributed by atoms with E-state index in [1.165, 1.54) is 4.90 Å². The average Bonchev–Trinajstić information content (AvgIpc) is 2.82. The molecule has 4 rings (SSSR count). The van der Waals surface area contributed by atoms with Crippen LogP contribution in [-0.4, -0.2) is 38.4 Å². The minimum Gasteiger partial charge on any atom is -0.378 e. The SMILES string of the molecule is CCc1cnc(NN=C2C(=O)N(Cc3ccccc3)c3ccc(N(C)C)cc3S2(=O)=O)c(Cl)c1. The van der Waals surface area contributed by atoms with Crippen molar-refractivity contribution in [1.82, 2.24) is 4.98 Å². The minimum absolute atomic E-state index is 0.00941. The molecule has 0 spiro atoms. The van der Waals surface area contributed by atoms with Crippen LogP contribution >= 0.6 is 11.6 Å². The molecule has 0 fully saturated rings. The van der Waals surface area contributed by atoms with Crippen molar-refractivity contribution >= 4 is 49.6 Å². The molecule has 1 aromatic heterocycles. The summed E-state index contributed by atoms with van der Waals surface area (Å²) in [5.74, 6) is -0.570. The molecule has 1 N–H and O–H groups in total. The largest absolute Gasteiger partial charge is 0.378 e. The number of rotatable bonds is 6. The van der Waals surface area contributed by atoms with Crippen LogP contribution in [0.25, 0.3) is 0 Å². The number of anilines is 3. The first-order chi connectivity index (χ1) is 16.2. The summed E-state index contributed by atoms with van der Waals surface area (Å²) in [6.07, 6.45) is 2.36. The number of nitrogens with zero attached hydrogens (tertiary/aromatic N) is 4. The number of pyridine rings is 1. The Morgan fingerprint density at radius 3 is 2.47 bits per heavy atom. The second kappa shape index (κ2) is 9.44. The lowest BCUT2D eigenvalue weighted by Gasteiger charge is -2.30. The highest BCUT2D eigenvalue weighted by molar-refractivity contribution is 8.08. The van der Waals surface area contributed by atoms with E-state index in [-0.39, 0.29) is 22.3 Å². The first kappa shape index (κ1) is 23.7. The molecule has 34 heavy (non-hydrogen) atoms. The standard InChI is InChI=1S/C24H24ClN5O3S/c1-4-16-12-19(25)22(26-14-16)27-28-23-24(31)30(15-17-8-6-5-7-9-17)20-11-10-18(29(2)3)13-21(20)34(23,32)33/h5-14H,4,15H2,1-3H3,(H,26,27). The Morgan fingerprint density at radius 1 is 1.09 bits per heavy atom. The lowest BCUT2D eigenvalue weighted by atomic mass is 10.1. The molecule has 1 aliphatic heterocycles. The van der Waals surface area contributed by atoms with E-state index in [4.69, 9.17) is 11.6 Å². The van der Waals surface area contributed by atoms with E-state index in [0.29, 0.717) is 11.4 Å². The number of carbonyl (C=O) groups is 1. The van der Waals surface area contributed by atoms with Crippen molar-refractivity contribution in [2.75, 3.05) is 29.3 Å². The number of amides is 1. The monoisotopic (exact) mass is 497 g/mol. The van der Waals surface area contributed by atoms with Crippen LogP contribution in [0.2, 0.25) is 5.02 Å².